The predicted octanol–water partition coefficient (Wildman–Crippen LogP) is 6.12. The molecule has 0 saturated carbocycles. The molecule has 0 aliphatic heterocycles. The van der Waals surface area contributed by atoms with Crippen LogP contribution in [0.15, 0.2) is 35.2 Å². The fourth-order valence-electron chi connectivity index (χ4n) is 3.59. The van der Waals surface area contributed by atoms with E-state index in [1.54, 1.807) is 50.6 Å². The Labute approximate surface area is 244 Å². The molecule has 1 unspecified atom stereocenters. The van der Waals surface area contributed by atoms with Crippen molar-refractivity contribution in [1.29, 1.82) is 0 Å². The maximum Gasteiger partial charge on any atom is 0.404 e. The number of rotatable bonds is 9. The lowest BCUT2D eigenvalue weighted by Crippen LogP contribution is -2.43. The van der Waals surface area contributed by atoms with E-state index in [1.807, 2.05) is 0 Å². The number of carbonyl (C=O) groups excluding carboxylic acids is 1. The zero-order chi connectivity index (χ0) is 30.2. The van der Waals surface area contributed by atoms with Crippen molar-refractivity contribution in [3.63, 3.8) is 0 Å². The van der Waals surface area contributed by atoms with E-state index in [9.17, 15) is 31.5 Å². The first-order valence-corrected chi connectivity index (χ1v) is 15.1. The Hall–Kier alpha value is -2.29. The molecule has 0 fully saturated rings. The van der Waals surface area contributed by atoms with Crippen LogP contribution in [0.5, 0.6) is 0 Å². The smallest absolute Gasteiger partial charge is 0.384 e. The van der Waals surface area contributed by atoms with Crippen molar-refractivity contribution >= 4 is 50.5 Å². The third kappa shape index (κ3) is 6.77. The fraction of sp³-hybridized carbons (Fsp3) is 0.400. The van der Waals surface area contributed by atoms with E-state index in [-0.39, 0.29) is 21.2 Å². The summed E-state index contributed by atoms with van der Waals surface area (Å²) < 4.78 is 65.9. The van der Waals surface area contributed by atoms with Crippen LogP contribution in [0.4, 0.5) is 13.2 Å². The molecule has 1 aromatic carbocycles. The van der Waals surface area contributed by atoms with Crippen molar-refractivity contribution in [2.75, 3.05) is 13.1 Å². The van der Waals surface area contributed by atoms with Crippen LogP contribution in [0.2, 0.25) is 10.0 Å². The molecule has 40 heavy (non-hydrogen) atoms. The molecule has 8 nitrogen and oxygen atoms in total. The highest BCUT2D eigenvalue weighted by Gasteiger charge is 2.39. The van der Waals surface area contributed by atoms with Crippen molar-refractivity contribution in [1.82, 2.24) is 19.6 Å². The van der Waals surface area contributed by atoms with Gasteiger partial charge in [0.2, 0.25) is 10.0 Å². The van der Waals surface area contributed by atoms with Gasteiger partial charge in [0.15, 0.2) is 0 Å². The Morgan fingerprint density at radius 1 is 1.10 bits per heavy atom. The molecule has 0 saturated heterocycles. The molecular weight excluding hydrogens is 612 g/mol. The topological polar surface area (TPSA) is 112 Å². The number of nitrogens with one attached hydrogen (secondary N) is 1. The molecule has 3 rings (SSSR count). The highest BCUT2D eigenvalue weighted by atomic mass is 35.5. The van der Waals surface area contributed by atoms with Crippen molar-refractivity contribution in [2.45, 2.75) is 57.3 Å². The molecule has 3 aromatic rings. The Morgan fingerprint density at radius 3 is 2.27 bits per heavy atom. The van der Waals surface area contributed by atoms with E-state index in [0.29, 0.717) is 36.4 Å². The molecule has 0 radical (unpaired) electrons. The molecule has 2 heterocycles. The fourth-order valence-corrected chi connectivity index (χ4v) is 6.80. The zero-order valence-corrected chi connectivity index (χ0v) is 25.2. The Balaban J connectivity index is 2.20. The second-order valence-electron chi connectivity index (χ2n) is 9.27. The first kappa shape index (κ1) is 32.2. The molecule has 2 aromatic heterocycles. The Morgan fingerprint density at radius 2 is 1.73 bits per heavy atom. The number of halogens is 5. The van der Waals surface area contributed by atoms with Crippen molar-refractivity contribution in [3.05, 3.63) is 51.8 Å². The monoisotopic (exact) mass is 638 g/mol. The van der Waals surface area contributed by atoms with Crippen LogP contribution in [0, 0.1) is 0 Å². The molecule has 218 valence electrons. The third-order valence-electron chi connectivity index (χ3n) is 5.88. The summed E-state index contributed by atoms with van der Waals surface area (Å²) >= 11 is 13.8. The number of carbonyl (C=O) groups is 1. The van der Waals surface area contributed by atoms with E-state index in [4.69, 9.17) is 23.2 Å². The highest BCUT2D eigenvalue weighted by molar-refractivity contribution is 7.89. The van der Waals surface area contributed by atoms with Gasteiger partial charge in [-0.15, -0.1) is 11.3 Å². The summed E-state index contributed by atoms with van der Waals surface area (Å²) in [6.07, 6.45) is -4.82. The second-order valence-corrected chi connectivity index (χ2v) is 12.7. The normalized spacial score (nSPS) is 13.4. The van der Waals surface area contributed by atoms with Gasteiger partial charge in [0, 0.05) is 18.7 Å². The number of benzene rings is 1. The number of aliphatic hydroxyl groups is 1. The van der Waals surface area contributed by atoms with Crippen LogP contribution in [-0.2, 0) is 15.6 Å². The summed E-state index contributed by atoms with van der Waals surface area (Å²) in [7, 11) is -4.71. The van der Waals surface area contributed by atoms with E-state index >= 15 is 0 Å². The average Bonchev–Trinajstić information content (AvgIpc) is 3.30. The lowest BCUT2D eigenvalue weighted by Gasteiger charge is -2.19. The van der Waals surface area contributed by atoms with Crippen LogP contribution >= 0.6 is 34.5 Å². The number of hydrogen-bond acceptors (Lipinski definition) is 7. The van der Waals surface area contributed by atoms with Crippen LogP contribution < -0.4 is 4.72 Å². The van der Waals surface area contributed by atoms with E-state index < -0.39 is 43.7 Å². The Bertz CT molecular complexity index is 1520. The van der Waals surface area contributed by atoms with Crippen LogP contribution in [0.1, 0.15) is 50.8 Å². The van der Waals surface area contributed by atoms with E-state index in [1.165, 1.54) is 11.0 Å². The lowest BCUT2D eigenvalue weighted by molar-refractivity contribution is -0.147. The minimum absolute atomic E-state index is 0.0107. The zero-order valence-electron chi connectivity index (χ0n) is 22.1. The summed E-state index contributed by atoms with van der Waals surface area (Å²) in [6, 6.07) is 4.89. The molecular formula is C25H27Cl2F3N4O4S2. The second kappa shape index (κ2) is 11.9. The van der Waals surface area contributed by atoms with Gasteiger partial charge in [0.1, 0.15) is 27.2 Å². The quantitative estimate of drug-likeness (QED) is 0.292. The van der Waals surface area contributed by atoms with Crippen molar-refractivity contribution in [3.8, 4) is 21.1 Å². The molecule has 1 amide bonds. The summed E-state index contributed by atoms with van der Waals surface area (Å²) in [6.45, 7) is 8.15. The Kier molecular flexibility index (Phi) is 9.59. The van der Waals surface area contributed by atoms with Gasteiger partial charge in [-0.1, -0.05) is 35.3 Å². The number of nitrogens with zero attached hydrogens (tertiary/aromatic N) is 3. The molecule has 0 bridgehead atoms. The van der Waals surface area contributed by atoms with Crippen molar-refractivity contribution in [2.24, 2.45) is 0 Å². The minimum Gasteiger partial charge on any atom is -0.384 e. The largest absolute Gasteiger partial charge is 0.404 e. The number of thiazole rings is 1. The van der Waals surface area contributed by atoms with Gasteiger partial charge in [0.25, 0.3) is 5.91 Å². The summed E-state index contributed by atoms with van der Waals surface area (Å²) in [5.41, 5.74) is -0.332. The lowest BCUT2D eigenvalue weighted by atomic mass is 10.0. The van der Waals surface area contributed by atoms with Crippen LogP contribution in [0.25, 0.3) is 21.1 Å². The van der Waals surface area contributed by atoms with Crippen LogP contribution in [0.3, 0.4) is 0 Å². The van der Waals surface area contributed by atoms with E-state index in [0.717, 1.165) is 17.4 Å². The number of hydrogen-bond donors (Lipinski definition) is 2. The first-order chi connectivity index (χ1) is 18.4. The first-order valence-electron chi connectivity index (χ1n) is 12.0. The maximum absolute atomic E-state index is 13.4. The molecule has 0 spiro atoms. The number of amides is 1. The van der Waals surface area contributed by atoms with Gasteiger partial charge in [0.05, 0.1) is 26.3 Å². The summed E-state index contributed by atoms with van der Waals surface area (Å²) in [4.78, 5) is 23.6. The number of pyridine rings is 1. The van der Waals surface area contributed by atoms with Crippen molar-refractivity contribution < 1.29 is 31.5 Å². The van der Waals surface area contributed by atoms with E-state index in [2.05, 4.69) is 9.97 Å². The predicted molar refractivity (Wildman–Crippen MR) is 149 cm³/mol. The highest BCUT2D eigenvalue weighted by Crippen LogP contribution is 2.43. The van der Waals surface area contributed by atoms with Gasteiger partial charge in [-0.25, -0.2) is 18.4 Å². The molecule has 2 N–H and O–H groups in total. The van der Waals surface area contributed by atoms with Gasteiger partial charge < -0.3 is 10.0 Å². The minimum atomic E-state index is -4.82. The average molecular weight is 640 g/mol. The standard InChI is InChI=1S/C25H27Cl2F3N4O4S2/c1-6-34(7-2)23(35)20-21(39-22(32-20)15-9-8-10-17(31-15)24(4,5)36)14-11-12-16(19(27)18(14)26)40(37,38)33-13(3)25(28,29)30/h8-13,33,36H,6-7H2,1-5H3. The van der Waals surface area contributed by atoms with Crippen LogP contribution in [-0.4, -0.2) is 59.6 Å². The summed E-state index contributed by atoms with van der Waals surface area (Å²) in [5.74, 6) is -0.425. The van der Waals surface area contributed by atoms with Gasteiger partial charge in [-0.05, 0) is 52.8 Å². The molecule has 1 atom stereocenters. The molecule has 0 aliphatic rings. The SMILES string of the molecule is CCN(CC)C(=O)c1nc(-c2cccc(C(C)(C)O)n2)sc1-c1ccc(S(=O)(=O)NC(C)C(F)(F)F)c(Cl)c1Cl. The maximum atomic E-state index is 13.4. The van der Waals surface area contributed by atoms with Gasteiger partial charge in [-0.2, -0.15) is 17.9 Å². The number of aromatic nitrogens is 2. The van der Waals surface area contributed by atoms with Gasteiger partial charge >= 0.3 is 6.18 Å². The molecule has 15 heteroatoms. The summed E-state index contributed by atoms with van der Waals surface area (Å²) in [5, 5.41) is 9.91. The molecule has 0 aliphatic carbocycles. The third-order valence-corrected chi connectivity index (χ3v) is 9.57. The number of alkyl halides is 3. The number of sulfonamides is 1. The van der Waals surface area contributed by atoms with Gasteiger partial charge in [-0.3, -0.25) is 4.79 Å².